The number of hydrogen-bond donors (Lipinski definition) is 2. The minimum Gasteiger partial charge on any atom is -0.326 e. The van der Waals surface area contributed by atoms with Crippen molar-refractivity contribution in [3.05, 3.63) is 59.4 Å². The molecule has 0 radical (unpaired) electrons. The highest BCUT2D eigenvalue weighted by molar-refractivity contribution is 7.92. The molecule has 4 nitrogen and oxygen atoms in total. The molecule has 0 atom stereocenters. The van der Waals surface area contributed by atoms with Crippen LogP contribution in [0.1, 0.15) is 11.1 Å². The summed E-state index contributed by atoms with van der Waals surface area (Å²) in [5.74, 6) is -0.500. The van der Waals surface area contributed by atoms with Crippen molar-refractivity contribution in [2.45, 2.75) is 18.4 Å². The lowest BCUT2D eigenvalue weighted by atomic mass is 10.2. The van der Waals surface area contributed by atoms with E-state index in [4.69, 9.17) is 5.73 Å². The summed E-state index contributed by atoms with van der Waals surface area (Å²) < 4.78 is 40.3. The molecular weight excluding hydrogens is 279 g/mol. The number of halogens is 1. The van der Waals surface area contributed by atoms with Crippen LogP contribution in [-0.2, 0) is 16.6 Å². The van der Waals surface area contributed by atoms with E-state index in [9.17, 15) is 12.8 Å². The maximum Gasteiger partial charge on any atom is 0.262 e. The summed E-state index contributed by atoms with van der Waals surface area (Å²) in [5, 5.41) is 0. The van der Waals surface area contributed by atoms with Gasteiger partial charge in [0.15, 0.2) is 0 Å². The van der Waals surface area contributed by atoms with E-state index in [-0.39, 0.29) is 17.1 Å². The van der Waals surface area contributed by atoms with Crippen molar-refractivity contribution >= 4 is 15.7 Å². The molecule has 0 amide bonds. The molecule has 2 aromatic carbocycles. The van der Waals surface area contributed by atoms with E-state index in [1.54, 1.807) is 25.1 Å². The van der Waals surface area contributed by atoms with Crippen molar-refractivity contribution in [2.75, 3.05) is 4.72 Å². The van der Waals surface area contributed by atoms with Gasteiger partial charge in [-0.3, -0.25) is 4.72 Å². The molecule has 0 aliphatic rings. The largest absolute Gasteiger partial charge is 0.326 e. The number of hydrogen-bond acceptors (Lipinski definition) is 3. The highest BCUT2D eigenvalue weighted by Crippen LogP contribution is 2.22. The molecule has 0 spiro atoms. The van der Waals surface area contributed by atoms with Gasteiger partial charge in [0.1, 0.15) is 5.82 Å². The van der Waals surface area contributed by atoms with E-state index >= 15 is 0 Å². The number of nitrogens with one attached hydrogen (secondary N) is 1. The van der Waals surface area contributed by atoms with Gasteiger partial charge in [-0.05, 0) is 36.2 Å². The smallest absolute Gasteiger partial charge is 0.262 e. The standard InChI is InChI=1S/C14H15FN2O2S/c1-10-6-7-12(15)8-13(10)17-20(18,19)14-5-3-2-4-11(14)9-16/h2-8,17H,9,16H2,1H3. The first-order chi connectivity index (χ1) is 9.44. The zero-order chi connectivity index (χ0) is 14.8. The Hall–Kier alpha value is -1.92. The van der Waals surface area contributed by atoms with Gasteiger partial charge in [0.25, 0.3) is 10.0 Å². The molecule has 106 valence electrons. The van der Waals surface area contributed by atoms with Crippen molar-refractivity contribution in [1.29, 1.82) is 0 Å². The first-order valence-corrected chi connectivity index (χ1v) is 7.49. The molecule has 0 aromatic heterocycles. The Balaban J connectivity index is 2.43. The maximum atomic E-state index is 13.2. The van der Waals surface area contributed by atoms with Crippen LogP contribution in [0.15, 0.2) is 47.4 Å². The van der Waals surface area contributed by atoms with E-state index in [2.05, 4.69) is 4.72 Å². The lowest BCUT2D eigenvalue weighted by Gasteiger charge is -2.13. The summed E-state index contributed by atoms with van der Waals surface area (Å²) in [6.07, 6.45) is 0. The fraction of sp³-hybridized carbons (Fsp3) is 0.143. The number of sulfonamides is 1. The molecule has 0 heterocycles. The predicted molar refractivity (Wildman–Crippen MR) is 76.3 cm³/mol. The second-order valence-electron chi connectivity index (χ2n) is 4.38. The predicted octanol–water partition coefficient (Wildman–Crippen LogP) is 2.39. The van der Waals surface area contributed by atoms with Crippen LogP contribution in [0.2, 0.25) is 0 Å². The van der Waals surface area contributed by atoms with Gasteiger partial charge in [-0.1, -0.05) is 24.3 Å². The Morgan fingerprint density at radius 1 is 1.20 bits per heavy atom. The Morgan fingerprint density at radius 3 is 2.60 bits per heavy atom. The number of nitrogens with two attached hydrogens (primary N) is 1. The molecule has 20 heavy (non-hydrogen) atoms. The molecule has 3 N–H and O–H groups in total. The Labute approximate surface area is 117 Å². The molecule has 0 aliphatic carbocycles. The molecule has 0 aliphatic heterocycles. The van der Waals surface area contributed by atoms with Crippen LogP contribution in [-0.4, -0.2) is 8.42 Å². The zero-order valence-corrected chi connectivity index (χ0v) is 11.7. The Morgan fingerprint density at radius 2 is 1.90 bits per heavy atom. The van der Waals surface area contributed by atoms with E-state index in [1.165, 1.54) is 18.2 Å². The third-order valence-electron chi connectivity index (χ3n) is 2.93. The quantitative estimate of drug-likeness (QED) is 0.909. The Kier molecular flexibility index (Phi) is 4.06. The highest BCUT2D eigenvalue weighted by Gasteiger charge is 2.18. The lowest BCUT2D eigenvalue weighted by Crippen LogP contribution is -2.17. The SMILES string of the molecule is Cc1ccc(F)cc1NS(=O)(=O)c1ccccc1CN. The van der Waals surface area contributed by atoms with Gasteiger partial charge in [0.2, 0.25) is 0 Å². The first-order valence-electron chi connectivity index (χ1n) is 6.01. The van der Waals surface area contributed by atoms with Gasteiger partial charge >= 0.3 is 0 Å². The minimum atomic E-state index is -3.79. The summed E-state index contributed by atoms with van der Waals surface area (Å²) in [7, 11) is -3.79. The first kappa shape index (κ1) is 14.5. The summed E-state index contributed by atoms with van der Waals surface area (Å²) in [6.45, 7) is 1.81. The van der Waals surface area contributed by atoms with Gasteiger partial charge in [-0.2, -0.15) is 0 Å². The molecule has 0 bridgehead atoms. The van der Waals surface area contributed by atoms with E-state index < -0.39 is 15.8 Å². The summed E-state index contributed by atoms with van der Waals surface area (Å²) in [5.41, 5.74) is 6.91. The van der Waals surface area contributed by atoms with Crippen LogP contribution in [0, 0.1) is 12.7 Å². The average molecular weight is 294 g/mol. The topological polar surface area (TPSA) is 72.2 Å². The van der Waals surface area contributed by atoms with Crippen LogP contribution in [0.5, 0.6) is 0 Å². The minimum absolute atomic E-state index is 0.103. The molecule has 0 fully saturated rings. The highest BCUT2D eigenvalue weighted by atomic mass is 32.2. The second-order valence-corrected chi connectivity index (χ2v) is 6.03. The third-order valence-corrected chi connectivity index (χ3v) is 4.39. The van der Waals surface area contributed by atoms with E-state index in [0.29, 0.717) is 11.1 Å². The average Bonchev–Trinajstić information content (AvgIpc) is 2.42. The number of benzene rings is 2. The molecule has 0 saturated carbocycles. The normalized spacial score (nSPS) is 11.3. The summed E-state index contributed by atoms with van der Waals surface area (Å²) in [4.78, 5) is 0.103. The maximum absolute atomic E-state index is 13.2. The van der Waals surface area contributed by atoms with Crippen molar-refractivity contribution in [3.8, 4) is 0 Å². The van der Waals surface area contributed by atoms with Crippen LogP contribution in [0.4, 0.5) is 10.1 Å². The fourth-order valence-corrected chi connectivity index (χ4v) is 3.21. The van der Waals surface area contributed by atoms with Crippen LogP contribution in [0.3, 0.4) is 0 Å². The van der Waals surface area contributed by atoms with Gasteiger partial charge in [-0.25, -0.2) is 12.8 Å². The van der Waals surface area contributed by atoms with Gasteiger partial charge in [-0.15, -0.1) is 0 Å². The van der Waals surface area contributed by atoms with Crippen molar-refractivity contribution < 1.29 is 12.8 Å². The molecule has 0 unspecified atom stereocenters. The van der Waals surface area contributed by atoms with E-state index in [1.807, 2.05) is 0 Å². The molecule has 0 saturated heterocycles. The van der Waals surface area contributed by atoms with Gasteiger partial charge in [0, 0.05) is 6.54 Å². The number of aryl methyl sites for hydroxylation is 1. The van der Waals surface area contributed by atoms with Crippen molar-refractivity contribution in [3.63, 3.8) is 0 Å². The number of anilines is 1. The fourth-order valence-electron chi connectivity index (χ4n) is 1.84. The van der Waals surface area contributed by atoms with Crippen molar-refractivity contribution in [1.82, 2.24) is 0 Å². The summed E-state index contributed by atoms with van der Waals surface area (Å²) >= 11 is 0. The third kappa shape index (κ3) is 2.97. The van der Waals surface area contributed by atoms with Gasteiger partial charge in [0.05, 0.1) is 10.6 Å². The van der Waals surface area contributed by atoms with Crippen LogP contribution < -0.4 is 10.5 Å². The zero-order valence-electron chi connectivity index (χ0n) is 10.9. The molecular formula is C14H15FN2O2S. The van der Waals surface area contributed by atoms with Crippen LogP contribution >= 0.6 is 0 Å². The molecule has 2 aromatic rings. The molecule has 2 rings (SSSR count). The number of rotatable bonds is 4. The monoisotopic (exact) mass is 294 g/mol. The van der Waals surface area contributed by atoms with Crippen molar-refractivity contribution in [2.24, 2.45) is 5.73 Å². The van der Waals surface area contributed by atoms with Crippen LogP contribution in [0.25, 0.3) is 0 Å². The molecule has 6 heteroatoms. The van der Waals surface area contributed by atoms with E-state index in [0.717, 1.165) is 6.07 Å². The lowest BCUT2D eigenvalue weighted by molar-refractivity contribution is 0.600. The second kappa shape index (κ2) is 5.60. The van der Waals surface area contributed by atoms with Gasteiger partial charge < -0.3 is 5.73 Å². The Bertz CT molecular complexity index is 730. The summed E-state index contributed by atoms with van der Waals surface area (Å²) in [6, 6.07) is 10.4.